The van der Waals surface area contributed by atoms with Gasteiger partial charge in [0, 0.05) is 33.0 Å². The predicted molar refractivity (Wildman–Crippen MR) is 67.8 cm³/mol. The highest BCUT2D eigenvalue weighted by Crippen LogP contribution is 2.20. The molecule has 0 unspecified atom stereocenters. The van der Waals surface area contributed by atoms with Crippen LogP contribution in [0.25, 0.3) is 0 Å². The minimum Gasteiger partial charge on any atom is -0.348 e. The Kier molecular flexibility index (Phi) is 5.62. The SMILES string of the molecule is CCCN(CC(=O)N(C)C)C1CCC(=O)CC1. The van der Waals surface area contributed by atoms with Crippen LogP contribution in [-0.4, -0.2) is 54.7 Å². The van der Waals surface area contributed by atoms with Gasteiger partial charge in [-0.2, -0.15) is 0 Å². The molecule has 1 saturated carbocycles. The van der Waals surface area contributed by atoms with Gasteiger partial charge in [0.15, 0.2) is 0 Å². The maximum Gasteiger partial charge on any atom is 0.236 e. The molecule has 98 valence electrons. The maximum absolute atomic E-state index is 11.8. The monoisotopic (exact) mass is 240 g/mol. The third kappa shape index (κ3) is 4.46. The maximum atomic E-state index is 11.8. The first-order chi connectivity index (χ1) is 8.04. The van der Waals surface area contributed by atoms with Crippen molar-refractivity contribution < 1.29 is 9.59 Å². The molecular formula is C13H24N2O2. The van der Waals surface area contributed by atoms with Crippen LogP contribution in [0.1, 0.15) is 39.0 Å². The lowest BCUT2D eigenvalue weighted by molar-refractivity contribution is -0.130. The Morgan fingerprint density at radius 2 is 1.88 bits per heavy atom. The van der Waals surface area contributed by atoms with Gasteiger partial charge in [-0.25, -0.2) is 0 Å². The van der Waals surface area contributed by atoms with Gasteiger partial charge in [0.2, 0.25) is 5.91 Å². The quantitative estimate of drug-likeness (QED) is 0.727. The normalized spacial score (nSPS) is 17.5. The van der Waals surface area contributed by atoms with E-state index in [1.54, 1.807) is 19.0 Å². The van der Waals surface area contributed by atoms with Crippen molar-refractivity contribution in [2.75, 3.05) is 27.2 Å². The average molecular weight is 240 g/mol. The molecule has 0 spiro atoms. The van der Waals surface area contributed by atoms with Crippen LogP contribution in [0.5, 0.6) is 0 Å². The van der Waals surface area contributed by atoms with Gasteiger partial charge in [-0.05, 0) is 25.8 Å². The molecule has 17 heavy (non-hydrogen) atoms. The molecule has 1 aliphatic rings. The van der Waals surface area contributed by atoms with Crippen LogP contribution in [0.15, 0.2) is 0 Å². The molecule has 0 aliphatic heterocycles. The minimum absolute atomic E-state index is 0.148. The molecule has 0 radical (unpaired) electrons. The van der Waals surface area contributed by atoms with E-state index in [-0.39, 0.29) is 5.91 Å². The van der Waals surface area contributed by atoms with Crippen LogP contribution in [0.2, 0.25) is 0 Å². The second-order valence-corrected chi connectivity index (χ2v) is 5.03. The largest absolute Gasteiger partial charge is 0.348 e. The Bertz CT molecular complexity index is 267. The van der Waals surface area contributed by atoms with Gasteiger partial charge >= 0.3 is 0 Å². The lowest BCUT2D eigenvalue weighted by Crippen LogP contribution is -2.44. The summed E-state index contributed by atoms with van der Waals surface area (Å²) in [6.45, 7) is 3.55. The van der Waals surface area contributed by atoms with Crippen LogP contribution < -0.4 is 0 Å². The number of ketones is 1. The number of hydrogen-bond donors (Lipinski definition) is 0. The number of carbonyl (C=O) groups excluding carboxylic acids is 2. The fraction of sp³-hybridized carbons (Fsp3) is 0.846. The third-order valence-corrected chi connectivity index (χ3v) is 3.38. The van der Waals surface area contributed by atoms with Crippen molar-refractivity contribution in [3.63, 3.8) is 0 Å². The van der Waals surface area contributed by atoms with Gasteiger partial charge < -0.3 is 4.90 Å². The van der Waals surface area contributed by atoms with Crippen LogP contribution in [0, 0.1) is 0 Å². The molecule has 0 N–H and O–H groups in total. The van der Waals surface area contributed by atoms with E-state index in [1.165, 1.54) is 0 Å². The van der Waals surface area contributed by atoms with E-state index in [9.17, 15) is 9.59 Å². The Labute approximate surface area is 104 Å². The van der Waals surface area contributed by atoms with Crippen molar-refractivity contribution in [2.45, 2.75) is 45.1 Å². The van der Waals surface area contributed by atoms with Gasteiger partial charge in [-0.3, -0.25) is 14.5 Å². The fourth-order valence-corrected chi connectivity index (χ4v) is 2.28. The van der Waals surface area contributed by atoms with E-state index in [2.05, 4.69) is 11.8 Å². The van der Waals surface area contributed by atoms with E-state index < -0.39 is 0 Å². The fourth-order valence-electron chi connectivity index (χ4n) is 2.28. The Hall–Kier alpha value is -0.900. The van der Waals surface area contributed by atoms with Gasteiger partial charge in [-0.1, -0.05) is 6.92 Å². The third-order valence-electron chi connectivity index (χ3n) is 3.38. The number of carbonyl (C=O) groups is 2. The molecule has 0 bridgehead atoms. The summed E-state index contributed by atoms with van der Waals surface area (Å²) in [6, 6.07) is 0.413. The molecule has 0 aromatic heterocycles. The summed E-state index contributed by atoms with van der Waals surface area (Å²) in [5.74, 6) is 0.520. The summed E-state index contributed by atoms with van der Waals surface area (Å²) in [4.78, 5) is 26.9. The van der Waals surface area contributed by atoms with Crippen LogP contribution in [-0.2, 0) is 9.59 Å². The summed E-state index contributed by atoms with van der Waals surface area (Å²) in [5, 5.41) is 0. The Morgan fingerprint density at radius 1 is 1.29 bits per heavy atom. The predicted octanol–water partition coefficient (Wildman–Crippen LogP) is 1.30. The molecule has 1 aliphatic carbocycles. The van der Waals surface area contributed by atoms with Crippen LogP contribution in [0.3, 0.4) is 0 Å². The van der Waals surface area contributed by atoms with Gasteiger partial charge in [0.25, 0.3) is 0 Å². The molecule has 0 atom stereocenters. The number of nitrogens with zero attached hydrogens (tertiary/aromatic N) is 2. The van der Waals surface area contributed by atoms with Crippen molar-refractivity contribution in [1.29, 1.82) is 0 Å². The minimum atomic E-state index is 0.148. The molecule has 0 heterocycles. The number of likely N-dealkylation sites (N-methyl/N-ethyl adjacent to an activating group) is 1. The summed E-state index contributed by atoms with van der Waals surface area (Å²) in [5.41, 5.74) is 0. The van der Waals surface area contributed by atoms with Crippen molar-refractivity contribution >= 4 is 11.7 Å². The molecule has 1 amide bonds. The first-order valence-electron chi connectivity index (χ1n) is 6.50. The zero-order valence-corrected chi connectivity index (χ0v) is 11.2. The Balaban J connectivity index is 2.52. The highest BCUT2D eigenvalue weighted by Gasteiger charge is 2.25. The van der Waals surface area contributed by atoms with E-state index in [0.29, 0.717) is 31.2 Å². The van der Waals surface area contributed by atoms with E-state index in [1.807, 2.05) is 0 Å². The second kappa shape index (κ2) is 6.74. The standard InChI is InChI=1S/C13H24N2O2/c1-4-9-15(10-13(17)14(2)3)11-5-7-12(16)8-6-11/h11H,4-10H2,1-3H3. The van der Waals surface area contributed by atoms with Gasteiger partial charge in [0.05, 0.1) is 6.54 Å². The highest BCUT2D eigenvalue weighted by molar-refractivity contribution is 5.79. The van der Waals surface area contributed by atoms with Crippen molar-refractivity contribution in [2.24, 2.45) is 0 Å². The second-order valence-electron chi connectivity index (χ2n) is 5.03. The van der Waals surface area contributed by atoms with Crippen LogP contribution in [0.4, 0.5) is 0 Å². The highest BCUT2D eigenvalue weighted by atomic mass is 16.2. The van der Waals surface area contributed by atoms with Gasteiger partial charge in [0.1, 0.15) is 5.78 Å². The van der Waals surface area contributed by atoms with E-state index in [4.69, 9.17) is 0 Å². The molecular weight excluding hydrogens is 216 g/mol. The molecule has 4 nitrogen and oxygen atoms in total. The van der Waals surface area contributed by atoms with E-state index in [0.717, 1.165) is 25.8 Å². The smallest absolute Gasteiger partial charge is 0.236 e. The average Bonchev–Trinajstić information content (AvgIpc) is 2.29. The lowest BCUT2D eigenvalue weighted by atomic mass is 9.93. The number of hydrogen-bond acceptors (Lipinski definition) is 3. The first kappa shape index (κ1) is 14.2. The van der Waals surface area contributed by atoms with Gasteiger partial charge in [-0.15, -0.1) is 0 Å². The molecule has 1 fully saturated rings. The lowest BCUT2D eigenvalue weighted by Gasteiger charge is -2.33. The number of rotatable bonds is 5. The topological polar surface area (TPSA) is 40.6 Å². The van der Waals surface area contributed by atoms with Crippen LogP contribution >= 0.6 is 0 Å². The summed E-state index contributed by atoms with van der Waals surface area (Å²) in [6.07, 6.45) is 4.24. The first-order valence-corrected chi connectivity index (χ1v) is 6.50. The Morgan fingerprint density at radius 3 is 2.35 bits per heavy atom. The van der Waals surface area contributed by atoms with Crippen molar-refractivity contribution in [3.8, 4) is 0 Å². The summed E-state index contributed by atoms with van der Waals surface area (Å²) in [7, 11) is 3.58. The molecule has 0 aromatic carbocycles. The zero-order chi connectivity index (χ0) is 12.8. The molecule has 1 rings (SSSR count). The molecule has 0 aromatic rings. The number of amides is 1. The van der Waals surface area contributed by atoms with E-state index >= 15 is 0 Å². The van der Waals surface area contributed by atoms with Crippen molar-refractivity contribution in [3.05, 3.63) is 0 Å². The molecule has 4 heteroatoms. The summed E-state index contributed by atoms with van der Waals surface area (Å²) >= 11 is 0. The zero-order valence-electron chi connectivity index (χ0n) is 11.2. The van der Waals surface area contributed by atoms with Crippen molar-refractivity contribution in [1.82, 2.24) is 9.80 Å². The number of Topliss-reactive ketones (excluding diaryl/α,β-unsaturated/α-hetero) is 1. The summed E-state index contributed by atoms with van der Waals surface area (Å²) < 4.78 is 0. The molecule has 0 saturated heterocycles.